The number of carbonyl (C=O) groups is 1. The first-order chi connectivity index (χ1) is 17.5. The fourth-order valence-electron chi connectivity index (χ4n) is 4.19. The Morgan fingerprint density at radius 1 is 0.919 bits per heavy atom. The van der Waals surface area contributed by atoms with E-state index >= 15 is 0 Å². The number of carbonyl (C=O) groups excluding carboxylic acids is 1. The van der Waals surface area contributed by atoms with Gasteiger partial charge >= 0.3 is 0 Å². The third-order valence-electron chi connectivity index (χ3n) is 6.25. The monoisotopic (exact) mass is 643 g/mol. The number of halogens is 4. The lowest BCUT2D eigenvalue weighted by Crippen LogP contribution is -2.51. The van der Waals surface area contributed by atoms with Crippen LogP contribution in [0.3, 0.4) is 0 Å². The summed E-state index contributed by atoms with van der Waals surface area (Å²) in [6.07, 6.45) is 0. The van der Waals surface area contributed by atoms with Crippen LogP contribution in [0.25, 0.3) is 0 Å². The summed E-state index contributed by atoms with van der Waals surface area (Å²) in [5.74, 6) is -0.261. The van der Waals surface area contributed by atoms with Crippen molar-refractivity contribution in [2.75, 3.05) is 37.6 Å². The van der Waals surface area contributed by atoms with Crippen LogP contribution in [0, 0.1) is 6.92 Å². The molecular weight excluding hydrogens is 621 g/mol. The molecule has 0 aliphatic carbocycles. The van der Waals surface area contributed by atoms with Crippen LogP contribution in [0.4, 0.5) is 5.69 Å². The summed E-state index contributed by atoms with van der Waals surface area (Å²) in [5, 5.41) is 1.35. The van der Waals surface area contributed by atoms with Crippen molar-refractivity contribution in [2.45, 2.75) is 18.4 Å². The molecule has 1 amide bonds. The summed E-state index contributed by atoms with van der Waals surface area (Å²) in [7, 11) is -3.97. The van der Waals surface area contributed by atoms with Gasteiger partial charge in [0.25, 0.3) is 0 Å². The highest BCUT2D eigenvalue weighted by Crippen LogP contribution is 2.27. The van der Waals surface area contributed by atoms with Gasteiger partial charge in [-0.25, -0.2) is 8.42 Å². The Hall–Kier alpha value is -1.81. The minimum atomic E-state index is -3.97. The Kier molecular flexibility index (Phi) is 9.09. The number of aryl methyl sites for hydroxylation is 1. The van der Waals surface area contributed by atoms with Gasteiger partial charge in [0.1, 0.15) is 0 Å². The number of amides is 1. The first-order valence-corrected chi connectivity index (χ1v) is 14.9. The molecule has 1 fully saturated rings. The van der Waals surface area contributed by atoms with Crippen LogP contribution in [0.1, 0.15) is 11.1 Å². The first-order valence-electron chi connectivity index (χ1n) is 11.5. The minimum Gasteiger partial charge on any atom is -0.368 e. The van der Waals surface area contributed by atoms with Gasteiger partial charge in [0.15, 0.2) is 0 Å². The van der Waals surface area contributed by atoms with Gasteiger partial charge in [-0.3, -0.25) is 4.79 Å². The van der Waals surface area contributed by atoms with Crippen molar-refractivity contribution in [3.63, 3.8) is 0 Å². The molecule has 0 spiro atoms. The summed E-state index contributed by atoms with van der Waals surface area (Å²) in [6.45, 7) is 3.90. The van der Waals surface area contributed by atoms with Crippen molar-refractivity contribution in [2.24, 2.45) is 0 Å². The van der Waals surface area contributed by atoms with E-state index in [1.54, 1.807) is 35.2 Å². The molecule has 11 heteroatoms. The summed E-state index contributed by atoms with van der Waals surface area (Å²) < 4.78 is 29.1. The van der Waals surface area contributed by atoms with Crippen molar-refractivity contribution in [3.05, 3.63) is 91.3 Å². The lowest BCUT2D eigenvalue weighted by atomic mass is 10.1. The molecule has 4 rings (SSSR count). The van der Waals surface area contributed by atoms with Crippen molar-refractivity contribution < 1.29 is 13.2 Å². The average Bonchev–Trinajstić information content (AvgIpc) is 2.87. The number of hydrogen-bond acceptors (Lipinski definition) is 4. The fraction of sp³-hybridized carbons (Fsp3) is 0.269. The second-order valence-corrected chi connectivity index (χ2v) is 12.9. The van der Waals surface area contributed by atoms with Crippen LogP contribution >= 0.6 is 50.7 Å². The van der Waals surface area contributed by atoms with E-state index in [1.807, 2.05) is 25.1 Å². The number of sulfonamides is 1. The zero-order valence-corrected chi connectivity index (χ0v) is 24.7. The molecule has 1 aliphatic rings. The third kappa shape index (κ3) is 6.80. The van der Waals surface area contributed by atoms with E-state index in [2.05, 4.69) is 20.8 Å². The number of benzene rings is 3. The van der Waals surface area contributed by atoms with Crippen molar-refractivity contribution in [3.8, 4) is 0 Å². The van der Waals surface area contributed by atoms with Crippen LogP contribution in [0.5, 0.6) is 0 Å². The molecule has 0 saturated carbocycles. The largest absolute Gasteiger partial charge is 0.368 e. The Morgan fingerprint density at radius 2 is 1.59 bits per heavy atom. The number of hydrogen-bond donors (Lipinski definition) is 0. The third-order valence-corrected chi connectivity index (χ3v) is 9.56. The second-order valence-electron chi connectivity index (χ2n) is 8.77. The molecule has 0 atom stereocenters. The number of rotatable bonds is 7. The normalized spacial score (nSPS) is 14.3. The molecular formula is C26H25BrCl3N3O3S. The molecule has 1 aliphatic heterocycles. The standard InChI is InChI=1S/C26H25BrCl3N3O3S/c1-18-2-6-21(28)15-25(18)31-10-12-32(13-11-31)26(34)17-33(16-19-3-9-23(29)24(30)14-19)37(35,36)22-7-4-20(27)5-8-22/h2-9,14-15H,10-13,16-17H2,1H3. The zero-order chi connectivity index (χ0) is 26.7. The van der Waals surface area contributed by atoms with Crippen molar-refractivity contribution >= 4 is 72.4 Å². The predicted octanol–water partition coefficient (Wildman–Crippen LogP) is 6.26. The van der Waals surface area contributed by atoms with Gasteiger partial charge in [0.05, 0.1) is 21.5 Å². The van der Waals surface area contributed by atoms with Gasteiger partial charge in [-0.2, -0.15) is 4.31 Å². The van der Waals surface area contributed by atoms with Gasteiger partial charge in [0.2, 0.25) is 15.9 Å². The SMILES string of the molecule is Cc1ccc(Cl)cc1N1CCN(C(=O)CN(Cc2ccc(Cl)c(Cl)c2)S(=O)(=O)c2ccc(Br)cc2)CC1. The molecule has 0 aromatic heterocycles. The molecule has 6 nitrogen and oxygen atoms in total. The van der Waals surface area contributed by atoms with Gasteiger partial charge in [-0.15, -0.1) is 0 Å². The molecule has 1 saturated heterocycles. The molecule has 0 bridgehead atoms. The Labute approximate surface area is 240 Å². The first kappa shape index (κ1) is 28.2. The van der Waals surface area contributed by atoms with Crippen molar-refractivity contribution in [1.82, 2.24) is 9.21 Å². The van der Waals surface area contributed by atoms with E-state index in [0.717, 1.165) is 15.7 Å². The second kappa shape index (κ2) is 11.9. The smallest absolute Gasteiger partial charge is 0.243 e. The van der Waals surface area contributed by atoms with Gasteiger partial charge in [0, 0.05) is 47.9 Å². The molecule has 3 aromatic carbocycles. The van der Waals surface area contributed by atoms with E-state index in [-0.39, 0.29) is 23.9 Å². The van der Waals surface area contributed by atoms with Crippen LogP contribution in [-0.2, 0) is 21.4 Å². The summed E-state index contributed by atoms with van der Waals surface area (Å²) in [5.41, 5.74) is 2.78. The van der Waals surface area contributed by atoms with Gasteiger partial charge in [-0.05, 0) is 66.6 Å². The van der Waals surface area contributed by atoms with E-state index < -0.39 is 10.0 Å². The maximum absolute atomic E-state index is 13.6. The van der Waals surface area contributed by atoms with Gasteiger partial charge in [-0.1, -0.05) is 62.9 Å². The highest BCUT2D eigenvalue weighted by atomic mass is 79.9. The summed E-state index contributed by atoms with van der Waals surface area (Å²) >= 11 is 21.7. The number of piperazine rings is 1. The molecule has 0 unspecified atom stereocenters. The highest BCUT2D eigenvalue weighted by Gasteiger charge is 2.30. The Bertz CT molecular complexity index is 1400. The van der Waals surface area contributed by atoms with Crippen LogP contribution in [-0.4, -0.2) is 56.3 Å². The number of nitrogens with zero attached hydrogens (tertiary/aromatic N) is 3. The van der Waals surface area contributed by atoms with Crippen molar-refractivity contribution in [1.29, 1.82) is 0 Å². The predicted molar refractivity (Wildman–Crippen MR) is 153 cm³/mol. The van der Waals surface area contributed by atoms with Crippen LogP contribution < -0.4 is 4.90 Å². The zero-order valence-electron chi connectivity index (χ0n) is 20.0. The van der Waals surface area contributed by atoms with E-state index in [1.165, 1.54) is 16.4 Å². The molecule has 37 heavy (non-hydrogen) atoms. The Balaban J connectivity index is 1.52. The highest BCUT2D eigenvalue weighted by molar-refractivity contribution is 9.10. The Morgan fingerprint density at radius 3 is 2.24 bits per heavy atom. The topological polar surface area (TPSA) is 60.9 Å². The van der Waals surface area contributed by atoms with Gasteiger partial charge < -0.3 is 9.80 Å². The maximum Gasteiger partial charge on any atom is 0.243 e. The van der Waals surface area contributed by atoms with E-state index in [0.29, 0.717) is 46.8 Å². The quantitative estimate of drug-likeness (QED) is 0.305. The molecule has 0 N–H and O–H groups in total. The lowest BCUT2D eigenvalue weighted by Gasteiger charge is -2.37. The fourth-order valence-corrected chi connectivity index (χ4v) is 6.32. The minimum absolute atomic E-state index is 0.0251. The van der Waals surface area contributed by atoms with E-state index in [9.17, 15) is 13.2 Å². The summed E-state index contributed by atoms with van der Waals surface area (Å²) in [4.78, 5) is 17.3. The lowest BCUT2D eigenvalue weighted by molar-refractivity contribution is -0.131. The molecule has 196 valence electrons. The van der Waals surface area contributed by atoms with Crippen LogP contribution in [0.2, 0.25) is 15.1 Å². The van der Waals surface area contributed by atoms with E-state index in [4.69, 9.17) is 34.8 Å². The molecule has 0 radical (unpaired) electrons. The average molecular weight is 646 g/mol. The molecule has 3 aromatic rings. The maximum atomic E-state index is 13.6. The molecule has 1 heterocycles. The van der Waals surface area contributed by atoms with Crippen LogP contribution in [0.15, 0.2) is 70.0 Å². The summed E-state index contributed by atoms with van der Waals surface area (Å²) in [6, 6.07) is 17.0. The number of anilines is 1.